The van der Waals surface area contributed by atoms with E-state index in [1.165, 1.54) is 11.8 Å². The molecule has 7 nitrogen and oxygen atoms in total. The lowest BCUT2D eigenvalue weighted by Gasteiger charge is -2.36. The maximum absolute atomic E-state index is 12.9. The van der Waals surface area contributed by atoms with Crippen LogP contribution in [0.5, 0.6) is 0 Å². The number of morpholine rings is 1. The van der Waals surface area contributed by atoms with Gasteiger partial charge in [0, 0.05) is 32.7 Å². The second kappa shape index (κ2) is 9.17. The second-order valence-corrected chi connectivity index (χ2v) is 8.48. The van der Waals surface area contributed by atoms with Crippen LogP contribution in [0.25, 0.3) is 11.0 Å². The average Bonchev–Trinajstić information content (AvgIpc) is 3.15. The van der Waals surface area contributed by atoms with Gasteiger partial charge in [-0.15, -0.1) is 0 Å². The van der Waals surface area contributed by atoms with E-state index in [9.17, 15) is 9.59 Å². The van der Waals surface area contributed by atoms with Crippen LogP contribution in [0, 0.1) is 5.92 Å². The molecule has 1 aromatic heterocycles. The first-order valence-corrected chi connectivity index (χ1v) is 11.4. The van der Waals surface area contributed by atoms with E-state index in [1.54, 1.807) is 0 Å². The van der Waals surface area contributed by atoms with E-state index in [-0.39, 0.29) is 17.7 Å². The minimum atomic E-state index is -0.0870. The number of para-hydroxylation sites is 2. The predicted molar refractivity (Wildman–Crippen MR) is 113 cm³/mol. The first-order chi connectivity index (χ1) is 14.2. The van der Waals surface area contributed by atoms with Gasteiger partial charge in [-0.3, -0.25) is 9.59 Å². The molecular formula is C21H28N4O3S. The zero-order valence-electron chi connectivity index (χ0n) is 16.9. The quantitative estimate of drug-likeness (QED) is 0.700. The number of carbonyl (C=O) groups excluding carboxylic acids is 2. The Kier molecular flexibility index (Phi) is 6.40. The maximum Gasteiger partial charge on any atom is 0.233 e. The number of likely N-dealkylation sites (tertiary alicyclic amines) is 1. The highest BCUT2D eigenvalue weighted by Gasteiger charge is 2.31. The zero-order valence-corrected chi connectivity index (χ0v) is 17.7. The fourth-order valence-corrected chi connectivity index (χ4v) is 5.12. The Balaban J connectivity index is 1.36. The van der Waals surface area contributed by atoms with Gasteiger partial charge in [-0.05, 0) is 31.9 Å². The summed E-state index contributed by atoms with van der Waals surface area (Å²) in [5.41, 5.74) is 2.05. The summed E-state index contributed by atoms with van der Waals surface area (Å²) in [4.78, 5) is 34.1. The van der Waals surface area contributed by atoms with E-state index in [4.69, 9.17) is 4.74 Å². The Labute approximate surface area is 175 Å². The van der Waals surface area contributed by atoms with Crippen molar-refractivity contribution in [3.8, 4) is 0 Å². The first kappa shape index (κ1) is 20.2. The van der Waals surface area contributed by atoms with Crippen LogP contribution in [-0.4, -0.2) is 76.3 Å². The van der Waals surface area contributed by atoms with E-state index in [0.29, 0.717) is 38.6 Å². The lowest BCUT2D eigenvalue weighted by Crippen LogP contribution is -2.49. The van der Waals surface area contributed by atoms with Crippen molar-refractivity contribution < 1.29 is 14.3 Å². The van der Waals surface area contributed by atoms with Crippen LogP contribution >= 0.6 is 11.8 Å². The molecule has 29 heavy (non-hydrogen) atoms. The predicted octanol–water partition coefficient (Wildman–Crippen LogP) is 2.25. The number of piperidine rings is 1. The number of ether oxygens (including phenoxy) is 1. The number of hydrogen-bond donors (Lipinski definition) is 0. The number of benzene rings is 1. The fourth-order valence-electron chi connectivity index (χ4n) is 4.13. The van der Waals surface area contributed by atoms with Crippen LogP contribution in [0.3, 0.4) is 0 Å². The van der Waals surface area contributed by atoms with Crippen molar-refractivity contribution in [1.82, 2.24) is 19.4 Å². The minimum absolute atomic E-state index is 0.0870. The fraction of sp³-hybridized carbons (Fsp3) is 0.571. The topological polar surface area (TPSA) is 67.7 Å². The van der Waals surface area contributed by atoms with Gasteiger partial charge in [-0.25, -0.2) is 4.98 Å². The molecule has 2 fully saturated rings. The van der Waals surface area contributed by atoms with Gasteiger partial charge in [0.05, 0.1) is 35.9 Å². The number of nitrogens with zero attached hydrogens (tertiary/aromatic N) is 4. The van der Waals surface area contributed by atoms with Gasteiger partial charge in [0.25, 0.3) is 0 Å². The Hall–Kier alpha value is -2.06. The van der Waals surface area contributed by atoms with Crippen molar-refractivity contribution in [2.75, 3.05) is 45.1 Å². The molecule has 1 unspecified atom stereocenters. The standard InChI is InChI=1S/C21H28N4O3S/c1-2-25-18-8-4-3-7-17(18)22-21(25)29-15-19(26)24-9-5-6-16(14-24)20(27)23-10-12-28-13-11-23/h3-4,7-8,16H,2,5-6,9-15H2,1H3. The Morgan fingerprint density at radius 3 is 2.76 bits per heavy atom. The lowest BCUT2D eigenvalue weighted by atomic mass is 9.96. The SMILES string of the molecule is CCn1c(SCC(=O)N2CCCC(C(=O)N3CCOCC3)C2)nc2ccccc21. The van der Waals surface area contributed by atoms with Gasteiger partial charge in [-0.1, -0.05) is 23.9 Å². The van der Waals surface area contributed by atoms with Crippen molar-refractivity contribution in [3.05, 3.63) is 24.3 Å². The molecule has 2 amide bonds. The summed E-state index contributed by atoms with van der Waals surface area (Å²) in [6.45, 7) is 6.70. The molecule has 0 aliphatic carbocycles. The van der Waals surface area contributed by atoms with Crippen LogP contribution in [0.1, 0.15) is 19.8 Å². The highest BCUT2D eigenvalue weighted by atomic mass is 32.2. The molecule has 0 radical (unpaired) electrons. The molecule has 2 aliphatic heterocycles. The summed E-state index contributed by atoms with van der Waals surface area (Å²) in [7, 11) is 0. The normalized spacial score (nSPS) is 20.2. The van der Waals surface area contributed by atoms with Crippen molar-refractivity contribution >= 4 is 34.6 Å². The molecule has 8 heteroatoms. The van der Waals surface area contributed by atoms with Gasteiger partial charge in [-0.2, -0.15) is 0 Å². The number of thioether (sulfide) groups is 1. The van der Waals surface area contributed by atoms with E-state index >= 15 is 0 Å². The zero-order chi connectivity index (χ0) is 20.2. The molecule has 0 spiro atoms. The van der Waals surface area contributed by atoms with Gasteiger partial charge in [0.1, 0.15) is 0 Å². The number of hydrogen-bond acceptors (Lipinski definition) is 5. The van der Waals surface area contributed by atoms with Crippen LogP contribution in [0.2, 0.25) is 0 Å². The van der Waals surface area contributed by atoms with E-state index in [0.717, 1.165) is 42.1 Å². The number of rotatable bonds is 5. The monoisotopic (exact) mass is 416 g/mol. The van der Waals surface area contributed by atoms with Crippen molar-refractivity contribution in [3.63, 3.8) is 0 Å². The van der Waals surface area contributed by atoms with Gasteiger partial charge < -0.3 is 19.1 Å². The molecule has 4 rings (SSSR count). The number of aryl methyl sites for hydroxylation is 1. The molecule has 2 saturated heterocycles. The van der Waals surface area contributed by atoms with Crippen LogP contribution in [-0.2, 0) is 20.9 Å². The summed E-state index contributed by atoms with van der Waals surface area (Å²) in [5.74, 6) is 0.522. The molecule has 156 valence electrons. The Morgan fingerprint density at radius 2 is 1.97 bits per heavy atom. The lowest BCUT2D eigenvalue weighted by molar-refractivity contribution is -0.143. The van der Waals surface area contributed by atoms with E-state index in [2.05, 4.69) is 22.5 Å². The summed E-state index contributed by atoms with van der Waals surface area (Å²) in [5, 5.41) is 0.875. The third kappa shape index (κ3) is 4.43. The third-order valence-corrected chi connectivity index (χ3v) is 6.67. The molecule has 3 heterocycles. The van der Waals surface area contributed by atoms with Crippen molar-refractivity contribution in [1.29, 1.82) is 0 Å². The molecular weight excluding hydrogens is 388 g/mol. The Bertz CT molecular complexity index is 878. The first-order valence-electron chi connectivity index (χ1n) is 10.4. The second-order valence-electron chi connectivity index (χ2n) is 7.53. The smallest absolute Gasteiger partial charge is 0.233 e. The molecule has 0 saturated carbocycles. The van der Waals surface area contributed by atoms with Crippen LogP contribution in [0.4, 0.5) is 0 Å². The number of fused-ring (bicyclic) bond motifs is 1. The summed E-state index contributed by atoms with van der Waals surface area (Å²) in [6.07, 6.45) is 1.74. The van der Waals surface area contributed by atoms with Gasteiger partial charge in [0.15, 0.2) is 5.16 Å². The molecule has 2 aliphatic rings. The summed E-state index contributed by atoms with van der Waals surface area (Å²) in [6, 6.07) is 8.05. The van der Waals surface area contributed by atoms with Crippen molar-refractivity contribution in [2.24, 2.45) is 5.92 Å². The number of carbonyl (C=O) groups is 2. The number of imidazole rings is 1. The Morgan fingerprint density at radius 1 is 1.17 bits per heavy atom. The molecule has 2 aromatic rings. The molecule has 0 bridgehead atoms. The van der Waals surface area contributed by atoms with E-state index < -0.39 is 0 Å². The maximum atomic E-state index is 12.9. The minimum Gasteiger partial charge on any atom is -0.378 e. The van der Waals surface area contributed by atoms with Crippen molar-refractivity contribution in [2.45, 2.75) is 31.5 Å². The molecule has 0 N–H and O–H groups in total. The molecule has 1 atom stereocenters. The van der Waals surface area contributed by atoms with Crippen LogP contribution in [0.15, 0.2) is 29.4 Å². The summed E-state index contributed by atoms with van der Waals surface area (Å²) < 4.78 is 7.49. The van der Waals surface area contributed by atoms with Crippen LogP contribution < -0.4 is 0 Å². The van der Waals surface area contributed by atoms with Gasteiger partial charge >= 0.3 is 0 Å². The largest absolute Gasteiger partial charge is 0.378 e. The number of amides is 2. The highest BCUT2D eigenvalue weighted by molar-refractivity contribution is 7.99. The van der Waals surface area contributed by atoms with E-state index in [1.807, 2.05) is 28.0 Å². The summed E-state index contributed by atoms with van der Waals surface area (Å²) >= 11 is 1.49. The highest BCUT2D eigenvalue weighted by Crippen LogP contribution is 2.25. The number of aromatic nitrogens is 2. The van der Waals surface area contributed by atoms with Gasteiger partial charge in [0.2, 0.25) is 11.8 Å². The molecule has 1 aromatic carbocycles. The third-order valence-electron chi connectivity index (χ3n) is 5.71. The average molecular weight is 417 g/mol.